The van der Waals surface area contributed by atoms with Crippen LogP contribution in [-0.2, 0) is 49.4 Å². The second kappa shape index (κ2) is 17.7. The van der Waals surface area contributed by atoms with Crippen molar-refractivity contribution in [3.8, 4) is 17.2 Å². The fourth-order valence-electron chi connectivity index (χ4n) is 3.79. The van der Waals surface area contributed by atoms with Crippen molar-refractivity contribution in [2.45, 2.75) is 36.0 Å². The average molecular weight is 705 g/mol. The molecular weight excluding hydrogens is 674 g/mol. The van der Waals surface area contributed by atoms with Crippen LogP contribution in [0.15, 0.2) is 107 Å². The summed E-state index contributed by atoms with van der Waals surface area (Å²) in [7, 11) is -5.99. The van der Waals surface area contributed by atoms with Gasteiger partial charge in [0.05, 0.1) is 27.0 Å². The molecule has 0 spiro atoms. The molecule has 230 valence electrons. The second-order valence-electron chi connectivity index (χ2n) is 9.68. The van der Waals surface area contributed by atoms with E-state index < -0.39 is 26.2 Å². The van der Waals surface area contributed by atoms with Gasteiger partial charge >= 0.3 is 29.6 Å². The van der Waals surface area contributed by atoms with Gasteiger partial charge in [-0.2, -0.15) is 0 Å². The molecule has 4 aromatic rings. The Hall–Kier alpha value is -1.86. The third kappa shape index (κ3) is 13.2. The van der Waals surface area contributed by atoms with Gasteiger partial charge in [0.2, 0.25) is 9.84 Å². The number of aryl methyl sites for hydroxylation is 1. The third-order valence-corrected chi connectivity index (χ3v) is 7.87. The van der Waals surface area contributed by atoms with Crippen molar-refractivity contribution in [2.24, 2.45) is 0 Å². The van der Waals surface area contributed by atoms with Gasteiger partial charge in [0.25, 0.3) is 6.21 Å². The SMILES string of the molecule is COc1ccc(S(=O)(=O)c2ccc(Oc3ccc(C(C)(C)c4ccc(C)cc4)cc3)cc2)cc1.CS(=O)(=O)[O-].F[P+](=S)[S-].[Na+]. The molecule has 0 aliphatic heterocycles. The Balaban J connectivity index is 0.000000853. The number of hydrogen-bond donors (Lipinski definition) is 0. The quantitative estimate of drug-likeness (QED) is 0.120. The van der Waals surface area contributed by atoms with Gasteiger partial charge < -0.3 is 26.3 Å². The van der Waals surface area contributed by atoms with Crippen molar-refractivity contribution in [3.63, 3.8) is 0 Å². The van der Waals surface area contributed by atoms with Crippen molar-refractivity contribution in [3.05, 3.63) is 114 Å². The minimum Gasteiger partial charge on any atom is -0.748 e. The number of sulfone groups is 1. The first kappa shape index (κ1) is 40.2. The predicted octanol–water partition coefficient (Wildman–Crippen LogP) is 4.40. The van der Waals surface area contributed by atoms with Crippen LogP contribution in [0.4, 0.5) is 4.20 Å². The van der Waals surface area contributed by atoms with Gasteiger partial charge in [-0.15, -0.1) is 0 Å². The summed E-state index contributed by atoms with van der Waals surface area (Å²) in [6.07, 6.45) is -1.35. The van der Waals surface area contributed by atoms with Gasteiger partial charge in [-0.05, 0) is 82.9 Å². The molecule has 0 aromatic heterocycles. The molecule has 0 fully saturated rings. The Bertz CT molecular complexity index is 1700. The summed E-state index contributed by atoms with van der Waals surface area (Å²) in [4.78, 5) is 0.425. The van der Waals surface area contributed by atoms with Gasteiger partial charge in [0.15, 0.2) is 11.8 Å². The molecule has 7 nitrogen and oxygen atoms in total. The van der Waals surface area contributed by atoms with Crippen LogP contribution in [0.5, 0.6) is 17.2 Å². The zero-order valence-electron chi connectivity index (χ0n) is 25.1. The minimum atomic E-state index is -3.92. The molecule has 0 aliphatic carbocycles. The van der Waals surface area contributed by atoms with Crippen molar-refractivity contribution < 1.29 is 64.6 Å². The first-order valence-electron chi connectivity index (χ1n) is 12.5. The standard InChI is InChI=1S/C29H28O4S.CH4O3S.FPS2.Na/c1-21-5-7-22(8-6-21)29(2,3)23-9-11-25(12-10-23)33-26-15-19-28(20-16-26)34(30,31)27-17-13-24(32-4)14-18-27;1-5(2,3)4;1-2(3)4;/h5-20H,1-4H3;1H3,(H,2,3,4);;/q;;;+1/p-1. The van der Waals surface area contributed by atoms with E-state index in [-0.39, 0.29) is 44.8 Å². The van der Waals surface area contributed by atoms with Crippen molar-refractivity contribution in [1.29, 1.82) is 0 Å². The van der Waals surface area contributed by atoms with E-state index >= 15 is 0 Å². The summed E-state index contributed by atoms with van der Waals surface area (Å²) >= 11 is 7.67. The molecule has 0 radical (unpaired) electrons. The normalized spacial score (nSPS) is 11.4. The molecule has 44 heavy (non-hydrogen) atoms. The van der Waals surface area contributed by atoms with Crippen LogP contribution in [0.25, 0.3) is 0 Å². The van der Waals surface area contributed by atoms with Crippen LogP contribution in [0.1, 0.15) is 30.5 Å². The summed E-state index contributed by atoms with van der Waals surface area (Å²) in [6, 6.07) is 29.4. The smallest absolute Gasteiger partial charge is 0.748 e. The summed E-state index contributed by atoms with van der Waals surface area (Å²) in [5.74, 6) is 1.87. The third-order valence-electron chi connectivity index (χ3n) is 6.09. The summed E-state index contributed by atoms with van der Waals surface area (Å²) in [5.41, 5.74) is 3.54. The molecule has 0 heterocycles. The van der Waals surface area contributed by atoms with Crippen molar-refractivity contribution in [2.75, 3.05) is 13.4 Å². The fraction of sp³-hybridized carbons (Fsp3) is 0.200. The van der Waals surface area contributed by atoms with Crippen molar-refractivity contribution >= 4 is 50.2 Å². The molecule has 0 N–H and O–H groups in total. The van der Waals surface area contributed by atoms with Gasteiger partial charge in [0, 0.05) is 11.7 Å². The maximum Gasteiger partial charge on any atom is 1.00 e. The number of hydrogen-bond acceptors (Lipinski definition) is 9. The summed E-state index contributed by atoms with van der Waals surface area (Å²) < 4.78 is 74.8. The van der Waals surface area contributed by atoms with E-state index in [9.17, 15) is 12.6 Å². The fourth-order valence-corrected chi connectivity index (χ4v) is 5.05. The molecular formula is C30H31FNaO7PS4. The van der Waals surface area contributed by atoms with Crippen LogP contribution in [0.3, 0.4) is 0 Å². The minimum absolute atomic E-state index is 0. The molecule has 0 aliphatic rings. The topological polar surface area (TPSA) is 110 Å². The Morgan fingerprint density at radius 1 is 0.750 bits per heavy atom. The maximum absolute atomic E-state index is 12.9. The van der Waals surface area contributed by atoms with Crippen LogP contribution in [-0.4, -0.2) is 34.8 Å². The molecule has 0 saturated carbocycles. The van der Waals surface area contributed by atoms with Gasteiger partial charge in [-0.3, -0.25) is 0 Å². The van der Waals surface area contributed by atoms with Crippen LogP contribution in [0, 0.1) is 6.92 Å². The Kier molecular flexibility index (Phi) is 16.2. The van der Waals surface area contributed by atoms with E-state index in [1.54, 1.807) is 43.5 Å². The van der Waals surface area contributed by atoms with E-state index in [2.05, 4.69) is 81.2 Å². The van der Waals surface area contributed by atoms with Crippen LogP contribution in [0.2, 0.25) is 0 Å². The number of ether oxygens (including phenoxy) is 2. The number of methoxy groups -OCH3 is 1. The molecule has 4 rings (SSSR count). The van der Waals surface area contributed by atoms with Gasteiger partial charge in [-0.25, -0.2) is 16.8 Å². The van der Waals surface area contributed by atoms with E-state index in [0.717, 1.165) is 0 Å². The summed E-state index contributed by atoms with van der Waals surface area (Å²) in [5, 5.41) is 0. The molecule has 1 unspecified atom stereocenters. The monoisotopic (exact) mass is 704 g/mol. The van der Waals surface area contributed by atoms with E-state index in [1.165, 1.54) is 28.8 Å². The average Bonchev–Trinajstić information content (AvgIpc) is 2.93. The second-order valence-corrected chi connectivity index (χ2v) is 16.1. The number of rotatable bonds is 7. The van der Waals surface area contributed by atoms with E-state index in [4.69, 9.17) is 22.4 Å². The van der Waals surface area contributed by atoms with Crippen LogP contribution < -0.4 is 39.0 Å². The van der Waals surface area contributed by atoms with E-state index in [1.807, 2.05) is 12.1 Å². The van der Waals surface area contributed by atoms with Gasteiger partial charge in [-0.1, -0.05) is 55.8 Å². The molecule has 14 heteroatoms. The first-order valence-corrected chi connectivity index (χ1v) is 19.0. The first-order chi connectivity index (χ1) is 19.9. The zero-order chi connectivity index (χ0) is 32.4. The van der Waals surface area contributed by atoms with E-state index in [0.29, 0.717) is 23.5 Å². The molecule has 4 aromatic carbocycles. The van der Waals surface area contributed by atoms with Crippen molar-refractivity contribution in [1.82, 2.24) is 0 Å². The molecule has 0 amide bonds. The van der Waals surface area contributed by atoms with Gasteiger partial charge in [0.1, 0.15) is 17.2 Å². The van der Waals surface area contributed by atoms with Crippen LogP contribution >= 0.6 is 6.21 Å². The Morgan fingerprint density at radius 2 is 1.05 bits per heavy atom. The molecule has 0 bridgehead atoms. The number of benzene rings is 4. The Labute approximate surface area is 292 Å². The largest absolute Gasteiger partial charge is 1.00 e. The number of halogens is 1. The molecule has 0 saturated heterocycles. The predicted molar refractivity (Wildman–Crippen MR) is 173 cm³/mol. The summed E-state index contributed by atoms with van der Waals surface area (Å²) in [6.45, 7) is 6.50. The maximum atomic E-state index is 12.9. The Morgan fingerprint density at radius 3 is 1.39 bits per heavy atom. The zero-order valence-corrected chi connectivity index (χ0v) is 31.2. The molecule has 1 atom stereocenters.